The second-order valence-electron chi connectivity index (χ2n) is 13.2. The van der Waals surface area contributed by atoms with E-state index in [1.165, 1.54) is 12.1 Å². The number of rotatable bonds is 10. The lowest BCUT2D eigenvalue weighted by Gasteiger charge is -2.37. The number of aromatic nitrogens is 2. The number of nitrogens with zero attached hydrogens (tertiary/aromatic N) is 3. The summed E-state index contributed by atoms with van der Waals surface area (Å²) in [5, 5.41) is 5.64. The van der Waals surface area contributed by atoms with E-state index in [4.69, 9.17) is 19.2 Å². The summed E-state index contributed by atoms with van der Waals surface area (Å²) in [5.41, 5.74) is 4.43. The third-order valence-corrected chi connectivity index (χ3v) is 8.20. The molecule has 1 aliphatic rings. The molecule has 0 aliphatic carbocycles. The first-order valence-electron chi connectivity index (χ1n) is 16.4. The Hall–Kier alpha value is -5.52. The van der Waals surface area contributed by atoms with Gasteiger partial charge >= 0.3 is 18.0 Å². The number of hydrogen-bond acceptors (Lipinski definition) is 10. The number of aryl methyl sites for hydroxylation is 1. The molecule has 1 aromatic heterocycles. The van der Waals surface area contributed by atoms with Gasteiger partial charge in [0, 0.05) is 23.5 Å². The van der Waals surface area contributed by atoms with E-state index in [0.29, 0.717) is 24.6 Å². The quantitative estimate of drug-likeness (QED) is 0.133. The van der Waals surface area contributed by atoms with Crippen molar-refractivity contribution in [3.63, 3.8) is 0 Å². The molecule has 1 amide bonds. The lowest BCUT2D eigenvalue weighted by molar-refractivity contribution is -0.149. The first-order chi connectivity index (χ1) is 23.8. The van der Waals surface area contributed by atoms with Crippen LogP contribution in [0.2, 0.25) is 0 Å². The van der Waals surface area contributed by atoms with Crippen LogP contribution in [0.15, 0.2) is 72.8 Å². The Morgan fingerprint density at radius 2 is 1.72 bits per heavy atom. The van der Waals surface area contributed by atoms with Crippen LogP contribution in [-0.2, 0) is 32.1 Å². The maximum absolute atomic E-state index is 13.4. The molecular weight excluding hydrogens is 641 g/mol. The second-order valence-corrected chi connectivity index (χ2v) is 13.2. The molecule has 2 N–H and O–H groups in total. The summed E-state index contributed by atoms with van der Waals surface area (Å²) in [5.74, 6) is -0.362. The Morgan fingerprint density at radius 1 is 1.00 bits per heavy atom. The van der Waals surface area contributed by atoms with Gasteiger partial charge in [-0.2, -0.15) is 4.98 Å². The van der Waals surface area contributed by atoms with E-state index >= 15 is 0 Å². The summed E-state index contributed by atoms with van der Waals surface area (Å²) in [6.07, 6.45) is -0.669. The number of anilines is 3. The number of hydrogen-bond donors (Lipinski definition) is 2. The van der Waals surface area contributed by atoms with E-state index in [-0.39, 0.29) is 24.2 Å². The minimum Gasteiger partial charge on any atom is -0.461 e. The fraction of sp³-hybridized carbons (Fsp3) is 0.342. The molecule has 4 aromatic rings. The van der Waals surface area contributed by atoms with Gasteiger partial charge in [-0.25, -0.2) is 19.0 Å². The number of amides is 1. The molecule has 1 unspecified atom stereocenters. The summed E-state index contributed by atoms with van der Waals surface area (Å²) < 4.78 is 29.8. The Morgan fingerprint density at radius 3 is 2.42 bits per heavy atom. The van der Waals surface area contributed by atoms with Gasteiger partial charge < -0.3 is 29.7 Å². The van der Waals surface area contributed by atoms with Gasteiger partial charge in [-0.3, -0.25) is 4.79 Å². The zero-order valence-electron chi connectivity index (χ0n) is 29.1. The molecule has 0 bridgehead atoms. The van der Waals surface area contributed by atoms with E-state index in [1.807, 2.05) is 50.2 Å². The number of fused-ring (bicyclic) bond motifs is 1. The molecular formula is C38H42FN5O6. The van der Waals surface area contributed by atoms with Crippen molar-refractivity contribution >= 4 is 35.5 Å². The van der Waals surface area contributed by atoms with Gasteiger partial charge in [0.15, 0.2) is 0 Å². The smallest absolute Gasteiger partial charge is 0.408 e. The van der Waals surface area contributed by atoms with Crippen LogP contribution in [0.3, 0.4) is 0 Å². The van der Waals surface area contributed by atoms with Crippen LogP contribution in [0.5, 0.6) is 5.75 Å². The van der Waals surface area contributed by atoms with Crippen LogP contribution >= 0.6 is 0 Å². The topological polar surface area (TPSA) is 132 Å². The second kappa shape index (κ2) is 15.4. The lowest BCUT2D eigenvalue weighted by atomic mass is 9.93. The molecule has 0 saturated heterocycles. The average Bonchev–Trinajstić information content (AvgIpc) is 3.06. The number of carbonyl (C=O) groups is 3. The van der Waals surface area contributed by atoms with E-state index in [0.717, 1.165) is 33.8 Å². The van der Waals surface area contributed by atoms with Crippen LogP contribution in [0.4, 0.5) is 26.6 Å². The first-order valence-corrected chi connectivity index (χ1v) is 16.4. The average molecular weight is 684 g/mol. The molecule has 2 heterocycles. The summed E-state index contributed by atoms with van der Waals surface area (Å²) in [6, 6.07) is 19.1. The van der Waals surface area contributed by atoms with Gasteiger partial charge in [-0.05, 0) is 101 Å². The van der Waals surface area contributed by atoms with Crippen molar-refractivity contribution in [2.45, 2.75) is 78.7 Å². The molecule has 262 valence electrons. The molecule has 0 fully saturated rings. The highest BCUT2D eigenvalue weighted by Crippen LogP contribution is 2.37. The van der Waals surface area contributed by atoms with Crippen molar-refractivity contribution in [3.05, 3.63) is 107 Å². The lowest BCUT2D eigenvalue weighted by Crippen LogP contribution is -2.46. The minimum absolute atomic E-state index is 0.0219. The predicted molar refractivity (Wildman–Crippen MR) is 187 cm³/mol. The van der Waals surface area contributed by atoms with Crippen LogP contribution in [0, 0.1) is 19.7 Å². The van der Waals surface area contributed by atoms with Crippen molar-refractivity contribution in [2.75, 3.05) is 16.8 Å². The minimum atomic E-state index is -1.35. The number of halogens is 1. The molecule has 1 aliphatic heterocycles. The molecule has 2 atom stereocenters. The van der Waals surface area contributed by atoms with Gasteiger partial charge in [0.1, 0.15) is 35.6 Å². The van der Waals surface area contributed by atoms with E-state index < -0.39 is 36.1 Å². The highest BCUT2D eigenvalue weighted by atomic mass is 19.1. The molecule has 5 rings (SSSR count). The van der Waals surface area contributed by atoms with Crippen LogP contribution < -0.4 is 20.3 Å². The SMILES string of the molecule is Cc1nc(Nc2ccc(F)cc2)nc(N2CCc3cc(OC(=O)[C@H](CC(=O)OCc4ccccc4)NC(=O)OC(C)(C)C)ccc3C2C)c1C. The maximum atomic E-state index is 13.4. The third kappa shape index (κ3) is 9.34. The summed E-state index contributed by atoms with van der Waals surface area (Å²) in [6.45, 7) is 11.7. The highest BCUT2D eigenvalue weighted by molar-refractivity contribution is 5.87. The van der Waals surface area contributed by atoms with Crippen LogP contribution in [-0.4, -0.2) is 46.2 Å². The molecule has 11 nitrogen and oxygen atoms in total. The van der Waals surface area contributed by atoms with E-state index in [9.17, 15) is 18.8 Å². The van der Waals surface area contributed by atoms with Crippen LogP contribution in [0.25, 0.3) is 0 Å². The first kappa shape index (κ1) is 35.8. The molecule has 3 aromatic carbocycles. The molecule has 0 spiro atoms. The standard InChI is InChI=1S/C38H42FN5O6/c1-23-24(2)40-36(41-29-14-12-28(39)13-15-29)43-34(23)44-19-18-27-20-30(16-17-31(27)25(44)3)49-35(46)32(42-37(47)50-38(4,5)6)21-33(45)48-22-26-10-8-7-9-11-26/h7-17,20,25,32H,18-19,21-22H2,1-6H3,(H,42,47)(H,40,41,43)/t25?,32-/m0/s1. The van der Waals surface area contributed by atoms with Gasteiger partial charge in [-0.15, -0.1) is 0 Å². The summed E-state index contributed by atoms with van der Waals surface area (Å²) in [7, 11) is 0. The highest BCUT2D eigenvalue weighted by Gasteiger charge is 2.31. The van der Waals surface area contributed by atoms with Gasteiger partial charge in [0.05, 0.1) is 12.5 Å². The van der Waals surface area contributed by atoms with Crippen molar-refractivity contribution in [1.29, 1.82) is 0 Å². The molecule has 0 radical (unpaired) electrons. The fourth-order valence-corrected chi connectivity index (χ4v) is 5.57. The normalized spacial score (nSPS) is 14.6. The van der Waals surface area contributed by atoms with E-state index in [1.54, 1.807) is 45.0 Å². The fourth-order valence-electron chi connectivity index (χ4n) is 5.57. The van der Waals surface area contributed by atoms with E-state index in [2.05, 4.69) is 27.4 Å². The Kier molecular flexibility index (Phi) is 11.0. The molecule has 0 saturated carbocycles. The Bertz CT molecular complexity index is 1850. The zero-order valence-corrected chi connectivity index (χ0v) is 29.1. The largest absolute Gasteiger partial charge is 0.461 e. The Balaban J connectivity index is 1.29. The van der Waals surface area contributed by atoms with Crippen molar-refractivity contribution in [3.8, 4) is 5.75 Å². The van der Waals surface area contributed by atoms with Gasteiger partial charge in [-0.1, -0.05) is 36.4 Å². The van der Waals surface area contributed by atoms with Crippen molar-refractivity contribution in [2.24, 2.45) is 0 Å². The third-order valence-electron chi connectivity index (χ3n) is 8.20. The maximum Gasteiger partial charge on any atom is 0.408 e. The Labute approximate surface area is 291 Å². The van der Waals surface area contributed by atoms with Gasteiger partial charge in [0.25, 0.3) is 0 Å². The van der Waals surface area contributed by atoms with Crippen molar-refractivity contribution < 1.29 is 33.0 Å². The van der Waals surface area contributed by atoms with Crippen molar-refractivity contribution in [1.82, 2.24) is 15.3 Å². The number of esters is 2. The molecule has 12 heteroatoms. The van der Waals surface area contributed by atoms with Crippen LogP contribution in [0.1, 0.15) is 68.1 Å². The number of nitrogens with one attached hydrogen (secondary N) is 2. The molecule has 50 heavy (non-hydrogen) atoms. The summed E-state index contributed by atoms with van der Waals surface area (Å²) in [4.78, 5) is 50.4. The number of alkyl carbamates (subject to hydrolysis) is 1. The van der Waals surface area contributed by atoms with Gasteiger partial charge in [0.2, 0.25) is 5.95 Å². The summed E-state index contributed by atoms with van der Waals surface area (Å²) >= 11 is 0. The number of carbonyl (C=O) groups excluding carboxylic acids is 3. The zero-order chi connectivity index (χ0) is 36.0. The number of ether oxygens (including phenoxy) is 3. The predicted octanol–water partition coefficient (Wildman–Crippen LogP) is 7.03. The number of benzene rings is 3. The monoisotopic (exact) mass is 683 g/mol.